The molecule has 0 amide bonds. The minimum atomic E-state index is -1.32. The zero-order valence-electron chi connectivity index (χ0n) is 9.94. The van der Waals surface area contributed by atoms with Gasteiger partial charge in [0.15, 0.2) is 12.0 Å². The predicted molar refractivity (Wildman–Crippen MR) is 56.3 cm³/mol. The number of aromatic nitrogens is 1. The summed E-state index contributed by atoms with van der Waals surface area (Å²) < 4.78 is 1.51. The lowest BCUT2D eigenvalue weighted by molar-refractivity contribution is -0.673. The predicted octanol–water partition coefficient (Wildman–Crippen LogP) is -0.791. The van der Waals surface area contributed by atoms with E-state index in [1.807, 2.05) is 0 Å². The van der Waals surface area contributed by atoms with Crippen molar-refractivity contribution in [3.8, 4) is 0 Å². The number of hydrogen-bond acceptors (Lipinski definition) is 4. The van der Waals surface area contributed by atoms with Crippen LogP contribution in [-0.2, 0) is 18.3 Å². The summed E-state index contributed by atoms with van der Waals surface area (Å²) in [5.74, 6) is -1.88. The van der Waals surface area contributed by atoms with Crippen LogP contribution in [0.15, 0.2) is 12.3 Å². The number of aryl methyl sites for hydroxylation is 1. The first-order valence-corrected chi connectivity index (χ1v) is 5.07. The standard InChI is InChI=1S/C12H13NO4/c1-7(14)9-4-5-13(3)12(8(2)15)10(9)6-11(16)17/h4-5H,6H2,1-3H3. The average molecular weight is 235 g/mol. The molecule has 90 valence electrons. The van der Waals surface area contributed by atoms with Crippen molar-refractivity contribution in [2.24, 2.45) is 7.05 Å². The molecular formula is C12H13NO4. The normalized spacial score (nSPS) is 10.1. The molecule has 5 heteroatoms. The Kier molecular flexibility index (Phi) is 3.73. The summed E-state index contributed by atoms with van der Waals surface area (Å²) in [4.78, 5) is 33.6. The number of carboxylic acid groups (broad SMARTS) is 1. The van der Waals surface area contributed by atoms with E-state index in [2.05, 4.69) is 0 Å². The Hall–Kier alpha value is -2.04. The van der Waals surface area contributed by atoms with Gasteiger partial charge in [-0.25, -0.2) is 0 Å². The van der Waals surface area contributed by atoms with Gasteiger partial charge in [-0.1, -0.05) is 0 Å². The number of carbonyl (C=O) groups excluding carboxylic acids is 3. The maximum absolute atomic E-state index is 11.5. The van der Waals surface area contributed by atoms with E-state index in [0.29, 0.717) is 0 Å². The van der Waals surface area contributed by atoms with Gasteiger partial charge in [-0.05, 0) is 6.92 Å². The van der Waals surface area contributed by atoms with Gasteiger partial charge in [-0.15, -0.1) is 0 Å². The van der Waals surface area contributed by atoms with Gasteiger partial charge in [0.25, 0.3) is 5.69 Å². The molecule has 0 saturated carbocycles. The molecule has 0 radical (unpaired) electrons. The summed E-state index contributed by atoms with van der Waals surface area (Å²) in [7, 11) is 1.62. The zero-order valence-corrected chi connectivity index (χ0v) is 9.94. The first-order chi connectivity index (χ1) is 7.84. The number of Topliss-reactive ketones (excluding diaryl/α,β-unsaturated/α-hetero) is 2. The van der Waals surface area contributed by atoms with Crippen LogP contribution in [0, 0.1) is 0 Å². The van der Waals surface area contributed by atoms with Crippen molar-refractivity contribution in [1.82, 2.24) is 0 Å². The quantitative estimate of drug-likeness (QED) is 0.506. The minimum Gasteiger partial charge on any atom is -0.550 e. The molecule has 0 aromatic carbocycles. The molecule has 0 saturated heterocycles. The van der Waals surface area contributed by atoms with Gasteiger partial charge in [0.2, 0.25) is 5.78 Å². The molecule has 0 atom stereocenters. The van der Waals surface area contributed by atoms with Gasteiger partial charge < -0.3 is 9.90 Å². The van der Waals surface area contributed by atoms with Crippen LogP contribution in [0.1, 0.15) is 40.3 Å². The summed E-state index contributed by atoms with van der Waals surface area (Å²) >= 11 is 0. The minimum absolute atomic E-state index is 0.218. The first-order valence-electron chi connectivity index (χ1n) is 5.07. The van der Waals surface area contributed by atoms with E-state index < -0.39 is 12.4 Å². The Balaban J connectivity index is 3.55. The fraction of sp³-hybridized carbons (Fsp3) is 0.333. The van der Waals surface area contributed by atoms with Crippen LogP contribution >= 0.6 is 0 Å². The van der Waals surface area contributed by atoms with Crippen molar-refractivity contribution in [3.63, 3.8) is 0 Å². The molecule has 1 rings (SSSR count). The molecule has 0 unspecified atom stereocenters. The van der Waals surface area contributed by atoms with Crippen molar-refractivity contribution in [2.45, 2.75) is 20.3 Å². The molecule has 0 bridgehead atoms. The van der Waals surface area contributed by atoms with Crippen molar-refractivity contribution in [2.75, 3.05) is 0 Å². The second-order valence-electron chi connectivity index (χ2n) is 3.83. The van der Waals surface area contributed by atoms with E-state index in [9.17, 15) is 19.5 Å². The van der Waals surface area contributed by atoms with Crippen molar-refractivity contribution >= 4 is 17.5 Å². The maximum Gasteiger partial charge on any atom is 0.252 e. The van der Waals surface area contributed by atoms with E-state index in [1.165, 1.54) is 24.5 Å². The number of aliphatic carboxylic acids is 1. The Bertz CT molecular complexity index is 505. The van der Waals surface area contributed by atoms with Crippen LogP contribution in [0.25, 0.3) is 0 Å². The Labute approximate surface area is 98.7 Å². The highest BCUT2D eigenvalue weighted by atomic mass is 16.4. The maximum atomic E-state index is 11.5. The second kappa shape index (κ2) is 4.86. The average Bonchev–Trinajstić information content (AvgIpc) is 2.15. The van der Waals surface area contributed by atoms with E-state index in [-0.39, 0.29) is 28.4 Å². The number of ketones is 2. The van der Waals surface area contributed by atoms with Gasteiger partial charge >= 0.3 is 0 Å². The largest absolute Gasteiger partial charge is 0.550 e. The summed E-state index contributed by atoms with van der Waals surface area (Å²) in [6, 6.07) is 1.51. The third kappa shape index (κ3) is 2.75. The molecule has 0 aliphatic rings. The van der Waals surface area contributed by atoms with E-state index in [0.717, 1.165) is 0 Å². The lowest BCUT2D eigenvalue weighted by Gasteiger charge is -2.09. The highest BCUT2D eigenvalue weighted by molar-refractivity contribution is 6.01. The summed E-state index contributed by atoms with van der Waals surface area (Å²) in [6.45, 7) is 2.66. The molecule has 0 aliphatic heterocycles. The number of rotatable bonds is 4. The lowest BCUT2D eigenvalue weighted by Crippen LogP contribution is -2.39. The van der Waals surface area contributed by atoms with Gasteiger partial charge in [-0.2, -0.15) is 4.57 Å². The van der Waals surface area contributed by atoms with Crippen molar-refractivity contribution in [3.05, 3.63) is 29.1 Å². The fourth-order valence-corrected chi connectivity index (χ4v) is 1.82. The van der Waals surface area contributed by atoms with Crippen LogP contribution in [0.3, 0.4) is 0 Å². The third-order valence-corrected chi connectivity index (χ3v) is 2.46. The topological polar surface area (TPSA) is 78.1 Å². The highest BCUT2D eigenvalue weighted by Gasteiger charge is 2.23. The molecule has 17 heavy (non-hydrogen) atoms. The zero-order chi connectivity index (χ0) is 13.2. The monoisotopic (exact) mass is 235 g/mol. The van der Waals surface area contributed by atoms with Gasteiger partial charge in [0.05, 0.1) is 0 Å². The molecule has 0 spiro atoms. The smallest absolute Gasteiger partial charge is 0.252 e. The van der Waals surface area contributed by atoms with Gasteiger partial charge in [0, 0.05) is 36.5 Å². The summed E-state index contributed by atoms with van der Waals surface area (Å²) in [6.07, 6.45) is 1.12. The number of hydrogen-bond donors (Lipinski definition) is 0. The van der Waals surface area contributed by atoms with E-state index in [1.54, 1.807) is 13.2 Å². The van der Waals surface area contributed by atoms with Gasteiger partial charge in [-0.3, -0.25) is 9.59 Å². The van der Waals surface area contributed by atoms with Crippen LogP contribution < -0.4 is 9.67 Å². The Morgan fingerprint density at radius 2 is 1.82 bits per heavy atom. The fourth-order valence-electron chi connectivity index (χ4n) is 1.82. The first kappa shape index (κ1) is 13.0. The molecule has 1 aromatic heterocycles. The molecule has 0 N–H and O–H groups in total. The Morgan fingerprint density at radius 1 is 1.24 bits per heavy atom. The van der Waals surface area contributed by atoms with Crippen LogP contribution in [0.5, 0.6) is 0 Å². The number of carbonyl (C=O) groups is 3. The number of pyridine rings is 1. The molecule has 0 fully saturated rings. The highest BCUT2D eigenvalue weighted by Crippen LogP contribution is 2.13. The van der Waals surface area contributed by atoms with Crippen molar-refractivity contribution in [1.29, 1.82) is 0 Å². The van der Waals surface area contributed by atoms with Crippen LogP contribution in [0.4, 0.5) is 0 Å². The summed E-state index contributed by atoms with van der Waals surface area (Å²) in [5.41, 5.74) is 0.689. The SMILES string of the molecule is CC(=O)c1cc[n+](C)c(C(C)=O)c1CC(=O)[O-]. The number of carboxylic acids is 1. The van der Waals surface area contributed by atoms with E-state index in [4.69, 9.17) is 0 Å². The van der Waals surface area contributed by atoms with Gasteiger partial charge in [0.1, 0.15) is 7.05 Å². The summed E-state index contributed by atoms with van der Waals surface area (Å²) in [5, 5.41) is 10.7. The van der Waals surface area contributed by atoms with E-state index >= 15 is 0 Å². The van der Waals surface area contributed by atoms with Crippen molar-refractivity contribution < 1.29 is 24.1 Å². The van der Waals surface area contributed by atoms with Crippen LogP contribution in [-0.4, -0.2) is 17.5 Å². The number of nitrogens with zero attached hydrogens (tertiary/aromatic N) is 1. The lowest BCUT2D eigenvalue weighted by atomic mass is 9.98. The third-order valence-electron chi connectivity index (χ3n) is 2.46. The molecular weight excluding hydrogens is 222 g/mol. The Morgan fingerprint density at radius 3 is 2.24 bits per heavy atom. The second-order valence-corrected chi connectivity index (χ2v) is 3.83. The molecule has 5 nitrogen and oxygen atoms in total. The molecule has 0 aliphatic carbocycles. The molecule has 1 aromatic rings. The molecule has 1 heterocycles. The van der Waals surface area contributed by atoms with Crippen LogP contribution in [0.2, 0.25) is 0 Å².